The molecule has 1 atom stereocenters. The Kier molecular flexibility index (Phi) is 6.20. The van der Waals surface area contributed by atoms with Crippen LogP contribution in [0.25, 0.3) is 0 Å². The normalized spacial score (nSPS) is 12.8. The summed E-state index contributed by atoms with van der Waals surface area (Å²) in [6.07, 6.45) is 0. The molecule has 0 aliphatic carbocycles. The molecule has 108 valence electrons. The van der Waals surface area contributed by atoms with E-state index in [0.29, 0.717) is 36.1 Å². The summed E-state index contributed by atoms with van der Waals surface area (Å²) in [5.41, 5.74) is 0. The van der Waals surface area contributed by atoms with Crippen LogP contribution in [0.1, 0.15) is 27.7 Å². The minimum absolute atomic E-state index is 0.0133. The van der Waals surface area contributed by atoms with Crippen LogP contribution in [0.2, 0.25) is 0 Å². The quantitative estimate of drug-likeness (QED) is 0.753. The molecule has 0 amide bonds. The molecular weight excluding hydrogens is 272 g/mol. The van der Waals surface area contributed by atoms with Gasteiger partial charge >= 0.3 is 0 Å². The molecule has 0 fully saturated rings. The van der Waals surface area contributed by atoms with Crippen LogP contribution in [-0.4, -0.2) is 33.3 Å². The van der Waals surface area contributed by atoms with Gasteiger partial charge < -0.3 is 10.6 Å². The maximum Gasteiger partial charge on any atom is 0.291 e. The zero-order chi connectivity index (χ0) is 14.4. The Morgan fingerprint density at radius 3 is 2.26 bits per heavy atom. The highest BCUT2D eigenvalue weighted by molar-refractivity contribution is 7.99. The number of thioether (sulfide) groups is 1. The molecule has 5 nitrogen and oxygen atoms in total. The molecule has 19 heavy (non-hydrogen) atoms. The van der Waals surface area contributed by atoms with Crippen LogP contribution >= 0.6 is 11.8 Å². The summed E-state index contributed by atoms with van der Waals surface area (Å²) in [4.78, 5) is 12.1. The first-order chi connectivity index (χ1) is 8.92. The summed E-state index contributed by atoms with van der Waals surface area (Å²) >= 11 is 0.313. The minimum atomic E-state index is -2.55. The Bertz CT molecular complexity index is 403. The van der Waals surface area contributed by atoms with Gasteiger partial charge in [0, 0.05) is 12.6 Å². The highest BCUT2D eigenvalue weighted by Crippen LogP contribution is 2.23. The summed E-state index contributed by atoms with van der Waals surface area (Å²) in [6, 6.07) is 0.140. The van der Waals surface area contributed by atoms with Crippen molar-refractivity contribution in [3.8, 4) is 0 Å². The number of rotatable bonds is 7. The van der Waals surface area contributed by atoms with Gasteiger partial charge in [0.05, 0.1) is 0 Å². The van der Waals surface area contributed by atoms with Gasteiger partial charge in [0.15, 0.2) is 5.16 Å². The number of halogens is 2. The number of aromatic nitrogens is 3. The van der Waals surface area contributed by atoms with Gasteiger partial charge in [-0.3, -0.25) is 0 Å². The maximum atomic E-state index is 12.4. The van der Waals surface area contributed by atoms with E-state index in [4.69, 9.17) is 0 Å². The molecule has 0 bridgehead atoms. The standard InChI is InChI=1S/C11H19F2N5S/c1-5-14-9-16-10(15-7(4)6(2)3)18-11(17-9)19-8(12)13/h6-8H,5H2,1-4H3,(H2,14,15,16,17,18). The Morgan fingerprint density at radius 2 is 1.74 bits per heavy atom. The van der Waals surface area contributed by atoms with Crippen LogP contribution in [-0.2, 0) is 0 Å². The molecule has 1 heterocycles. The predicted octanol–water partition coefficient (Wildman–Crippen LogP) is 3.07. The summed E-state index contributed by atoms with van der Waals surface area (Å²) in [5, 5.41) is 6.01. The lowest BCUT2D eigenvalue weighted by atomic mass is 10.1. The van der Waals surface area contributed by atoms with Crippen LogP contribution in [0.5, 0.6) is 0 Å². The van der Waals surface area contributed by atoms with E-state index in [2.05, 4.69) is 39.4 Å². The van der Waals surface area contributed by atoms with Crippen LogP contribution in [0.15, 0.2) is 5.16 Å². The first kappa shape index (κ1) is 15.9. The Balaban J connectivity index is 2.92. The minimum Gasteiger partial charge on any atom is -0.354 e. The van der Waals surface area contributed by atoms with Crippen LogP contribution < -0.4 is 10.6 Å². The molecule has 1 rings (SSSR count). The number of nitrogens with zero attached hydrogens (tertiary/aromatic N) is 3. The lowest BCUT2D eigenvalue weighted by molar-refractivity contribution is 0.251. The monoisotopic (exact) mass is 291 g/mol. The summed E-state index contributed by atoms with van der Waals surface area (Å²) < 4.78 is 24.8. The third-order valence-electron chi connectivity index (χ3n) is 2.50. The average molecular weight is 291 g/mol. The predicted molar refractivity (Wildman–Crippen MR) is 73.8 cm³/mol. The second-order valence-electron chi connectivity index (χ2n) is 4.35. The second kappa shape index (κ2) is 7.42. The molecule has 1 aromatic heterocycles. The molecule has 0 aliphatic rings. The smallest absolute Gasteiger partial charge is 0.291 e. The van der Waals surface area contributed by atoms with Gasteiger partial charge in [0.25, 0.3) is 5.76 Å². The molecule has 1 unspecified atom stereocenters. The molecule has 8 heteroatoms. The Labute approximate surface area is 116 Å². The van der Waals surface area contributed by atoms with Crippen molar-refractivity contribution in [2.45, 2.75) is 44.7 Å². The highest BCUT2D eigenvalue weighted by atomic mass is 32.2. The van der Waals surface area contributed by atoms with Gasteiger partial charge in [-0.25, -0.2) is 0 Å². The maximum absolute atomic E-state index is 12.4. The Morgan fingerprint density at radius 1 is 1.11 bits per heavy atom. The molecule has 0 aromatic carbocycles. The van der Waals surface area contributed by atoms with Crippen molar-refractivity contribution in [3.05, 3.63) is 0 Å². The molecule has 0 aliphatic heterocycles. The van der Waals surface area contributed by atoms with E-state index in [1.807, 2.05) is 13.8 Å². The van der Waals surface area contributed by atoms with E-state index in [9.17, 15) is 8.78 Å². The van der Waals surface area contributed by atoms with E-state index in [0.717, 1.165) is 0 Å². The van der Waals surface area contributed by atoms with Gasteiger partial charge in [-0.15, -0.1) is 0 Å². The summed E-state index contributed by atoms with van der Waals surface area (Å²) in [6.45, 7) is 8.59. The van der Waals surface area contributed by atoms with Crippen molar-refractivity contribution in [2.75, 3.05) is 17.2 Å². The van der Waals surface area contributed by atoms with Gasteiger partial charge in [0.1, 0.15) is 0 Å². The molecule has 0 spiro atoms. The number of hydrogen-bond acceptors (Lipinski definition) is 6. The fourth-order valence-corrected chi connectivity index (χ4v) is 1.60. The van der Waals surface area contributed by atoms with Crippen LogP contribution in [0.3, 0.4) is 0 Å². The number of nitrogens with one attached hydrogen (secondary N) is 2. The largest absolute Gasteiger partial charge is 0.354 e. The third kappa shape index (κ3) is 5.54. The van der Waals surface area contributed by atoms with Gasteiger partial charge in [-0.1, -0.05) is 13.8 Å². The number of alkyl halides is 2. The molecule has 0 saturated heterocycles. The van der Waals surface area contributed by atoms with Crippen molar-refractivity contribution in [1.29, 1.82) is 0 Å². The fraction of sp³-hybridized carbons (Fsp3) is 0.727. The van der Waals surface area contributed by atoms with Crippen molar-refractivity contribution in [2.24, 2.45) is 5.92 Å². The van der Waals surface area contributed by atoms with Crippen molar-refractivity contribution >= 4 is 23.7 Å². The van der Waals surface area contributed by atoms with Crippen molar-refractivity contribution < 1.29 is 8.78 Å². The van der Waals surface area contributed by atoms with Crippen LogP contribution in [0.4, 0.5) is 20.7 Å². The molecule has 2 N–H and O–H groups in total. The number of hydrogen-bond donors (Lipinski definition) is 2. The zero-order valence-electron chi connectivity index (χ0n) is 11.4. The lowest BCUT2D eigenvalue weighted by Crippen LogP contribution is -2.23. The molecule has 0 saturated carbocycles. The Hall–Kier alpha value is -1.18. The molecular formula is C11H19F2N5S. The summed E-state index contributed by atoms with van der Waals surface area (Å²) in [5.74, 6) is -1.55. The molecule has 0 radical (unpaired) electrons. The zero-order valence-corrected chi connectivity index (χ0v) is 12.3. The van der Waals surface area contributed by atoms with Gasteiger partial charge in [-0.05, 0) is 31.5 Å². The topological polar surface area (TPSA) is 62.7 Å². The van der Waals surface area contributed by atoms with Crippen molar-refractivity contribution in [3.63, 3.8) is 0 Å². The van der Waals surface area contributed by atoms with E-state index < -0.39 is 5.76 Å². The highest BCUT2D eigenvalue weighted by Gasteiger charge is 2.14. The second-order valence-corrected chi connectivity index (χ2v) is 5.31. The third-order valence-corrected chi connectivity index (χ3v) is 3.07. The van der Waals surface area contributed by atoms with Crippen molar-refractivity contribution in [1.82, 2.24) is 15.0 Å². The first-order valence-corrected chi connectivity index (χ1v) is 7.01. The average Bonchev–Trinajstić information content (AvgIpc) is 2.27. The molecule has 1 aromatic rings. The fourth-order valence-electron chi connectivity index (χ4n) is 1.16. The first-order valence-electron chi connectivity index (χ1n) is 6.13. The van der Waals surface area contributed by atoms with Gasteiger partial charge in [-0.2, -0.15) is 23.7 Å². The summed E-state index contributed by atoms with van der Waals surface area (Å²) in [7, 11) is 0. The lowest BCUT2D eigenvalue weighted by Gasteiger charge is -2.18. The van der Waals surface area contributed by atoms with E-state index >= 15 is 0 Å². The van der Waals surface area contributed by atoms with Gasteiger partial charge in [0.2, 0.25) is 11.9 Å². The van der Waals surface area contributed by atoms with E-state index in [1.165, 1.54) is 0 Å². The van der Waals surface area contributed by atoms with Crippen LogP contribution in [0, 0.1) is 5.92 Å². The van der Waals surface area contributed by atoms with E-state index in [1.54, 1.807) is 0 Å². The number of anilines is 2. The van der Waals surface area contributed by atoms with E-state index in [-0.39, 0.29) is 11.2 Å². The SMILES string of the molecule is CCNc1nc(NC(C)C(C)C)nc(SC(F)F)n1.